The molecule has 1 aliphatic heterocycles. The summed E-state index contributed by atoms with van der Waals surface area (Å²) in [4.78, 5) is 13.7. The summed E-state index contributed by atoms with van der Waals surface area (Å²) in [5.41, 5.74) is 2.25. The highest BCUT2D eigenvalue weighted by Crippen LogP contribution is 2.39. The molecule has 2 aromatic carbocycles. The number of carbonyl (C=O) groups is 1. The van der Waals surface area contributed by atoms with E-state index in [1.54, 1.807) is 11.9 Å². The summed E-state index contributed by atoms with van der Waals surface area (Å²) in [5, 5.41) is 0. The summed E-state index contributed by atoms with van der Waals surface area (Å²) in [6, 6.07) is 15.9. The average Bonchev–Trinajstić information content (AvgIpc) is 2.56. The van der Waals surface area contributed by atoms with E-state index in [9.17, 15) is 4.79 Å². The molecule has 0 saturated carbocycles. The normalized spacial score (nSPS) is 17.6. The quantitative estimate of drug-likeness (QED) is 0.561. The number of hydrogen-bond acceptors (Lipinski definition) is 4. The van der Waals surface area contributed by atoms with Gasteiger partial charge in [-0.15, -0.1) is 0 Å². The minimum atomic E-state index is -0.364. The molecular weight excluding hydrogens is 374 g/mol. The Morgan fingerprint density at radius 3 is 2.83 bits per heavy atom. The summed E-state index contributed by atoms with van der Waals surface area (Å²) in [6.07, 6.45) is 0.921. The van der Waals surface area contributed by atoms with Gasteiger partial charge in [-0.2, -0.15) is 0 Å². The van der Waals surface area contributed by atoms with Gasteiger partial charge < -0.3 is 4.74 Å². The number of carbonyl (C=O) groups excluding carboxylic acids is 1. The van der Waals surface area contributed by atoms with E-state index in [1.165, 1.54) is 5.56 Å². The topological polar surface area (TPSA) is 29.5 Å². The molecule has 1 aliphatic rings. The van der Waals surface area contributed by atoms with Gasteiger partial charge in [0.25, 0.3) is 0 Å². The zero-order chi connectivity index (χ0) is 16.2. The Balaban J connectivity index is 1.92. The van der Waals surface area contributed by atoms with Crippen LogP contribution in [0.25, 0.3) is 0 Å². The summed E-state index contributed by atoms with van der Waals surface area (Å²) in [6.45, 7) is 3.05. The van der Waals surface area contributed by atoms with Crippen molar-refractivity contribution in [2.75, 3.05) is 13.2 Å². The molecule has 1 unspecified atom stereocenters. The van der Waals surface area contributed by atoms with E-state index in [2.05, 4.69) is 38.4 Å². The Labute approximate surface area is 149 Å². The highest BCUT2D eigenvalue weighted by atomic mass is 79.9. The number of esters is 1. The Hall–Kier alpha value is -1.30. The zero-order valence-corrected chi connectivity index (χ0v) is 15.3. The lowest BCUT2D eigenvalue weighted by Crippen LogP contribution is -2.36. The van der Waals surface area contributed by atoms with Crippen molar-refractivity contribution in [2.45, 2.75) is 24.3 Å². The molecule has 0 fully saturated rings. The Morgan fingerprint density at radius 2 is 2.09 bits per heavy atom. The van der Waals surface area contributed by atoms with Gasteiger partial charge in [0, 0.05) is 15.9 Å². The summed E-state index contributed by atoms with van der Waals surface area (Å²) >= 11 is 5.13. The minimum absolute atomic E-state index is 0.181. The molecule has 0 radical (unpaired) electrons. The SMILES string of the molecule is CCOC(=O)C1c2ccc(Br)cc2CCN1Sc1ccccc1. The van der Waals surface area contributed by atoms with Gasteiger partial charge in [0.1, 0.15) is 6.04 Å². The first-order valence-corrected chi connectivity index (χ1v) is 9.20. The van der Waals surface area contributed by atoms with Gasteiger partial charge >= 0.3 is 5.97 Å². The molecule has 120 valence electrons. The van der Waals surface area contributed by atoms with Crippen molar-refractivity contribution in [3.8, 4) is 0 Å². The maximum Gasteiger partial charge on any atom is 0.328 e. The van der Waals surface area contributed by atoms with Gasteiger partial charge in [0.05, 0.1) is 6.61 Å². The third-order valence-electron chi connectivity index (χ3n) is 3.76. The molecule has 0 spiro atoms. The van der Waals surface area contributed by atoms with Crippen LogP contribution in [0.4, 0.5) is 0 Å². The lowest BCUT2D eigenvalue weighted by Gasteiger charge is -2.34. The first-order chi connectivity index (χ1) is 11.2. The van der Waals surface area contributed by atoms with E-state index in [1.807, 2.05) is 37.3 Å². The number of ether oxygens (including phenoxy) is 1. The van der Waals surface area contributed by atoms with Gasteiger partial charge in [-0.25, -0.2) is 9.10 Å². The number of nitrogens with zero attached hydrogens (tertiary/aromatic N) is 1. The predicted molar refractivity (Wildman–Crippen MR) is 96.2 cm³/mol. The van der Waals surface area contributed by atoms with Crippen molar-refractivity contribution in [1.82, 2.24) is 4.31 Å². The molecule has 0 saturated heterocycles. The van der Waals surface area contributed by atoms with Crippen molar-refractivity contribution in [2.24, 2.45) is 0 Å². The largest absolute Gasteiger partial charge is 0.465 e. The fourth-order valence-corrected chi connectivity index (χ4v) is 4.20. The highest BCUT2D eigenvalue weighted by molar-refractivity contribution is 9.10. The van der Waals surface area contributed by atoms with Crippen molar-refractivity contribution in [3.63, 3.8) is 0 Å². The van der Waals surface area contributed by atoms with Crippen molar-refractivity contribution in [1.29, 1.82) is 0 Å². The van der Waals surface area contributed by atoms with Crippen LogP contribution in [-0.2, 0) is 16.0 Å². The number of benzene rings is 2. The van der Waals surface area contributed by atoms with Crippen LogP contribution < -0.4 is 0 Å². The maximum absolute atomic E-state index is 12.6. The molecule has 0 aliphatic carbocycles. The number of fused-ring (bicyclic) bond motifs is 1. The van der Waals surface area contributed by atoms with Gasteiger partial charge in [0.2, 0.25) is 0 Å². The number of halogens is 1. The van der Waals surface area contributed by atoms with E-state index >= 15 is 0 Å². The molecule has 0 bridgehead atoms. The molecular formula is C18H18BrNO2S. The van der Waals surface area contributed by atoms with Crippen LogP contribution in [0.1, 0.15) is 24.1 Å². The van der Waals surface area contributed by atoms with E-state index in [-0.39, 0.29) is 12.0 Å². The third-order valence-corrected chi connectivity index (χ3v) is 5.37. The molecule has 3 rings (SSSR count). The number of rotatable bonds is 4. The van der Waals surface area contributed by atoms with Crippen molar-refractivity contribution in [3.05, 3.63) is 64.1 Å². The average molecular weight is 392 g/mol. The second-order valence-electron chi connectivity index (χ2n) is 5.29. The monoisotopic (exact) mass is 391 g/mol. The highest BCUT2D eigenvalue weighted by Gasteiger charge is 2.34. The van der Waals surface area contributed by atoms with Crippen molar-refractivity contribution < 1.29 is 9.53 Å². The molecule has 0 amide bonds. The van der Waals surface area contributed by atoms with Crippen LogP contribution in [0, 0.1) is 0 Å². The Kier molecular flexibility index (Phi) is 5.41. The Bertz CT molecular complexity index is 693. The Morgan fingerprint density at radius 1 is 1.30 bits per heavy atom. The standard InChI is InChI=1S/C18H18BrNO2S/c1-2-22-18(21)17-16-9-8-14(19)12-13(16)10-11-20(17)23-15-6-4-3-5-7-15/h3-9,12,17H,2,10-11H2,1H3. The zero-order valence-electron chi connectivity index (χ0n) is 12.9. The lowest BCUT2D eigenvalue weighted by molar-refractivity contribution is -0.148. The van der Waals surface area contributed by atoms with Crippen LogP contribution in [-0.4, -0.2) is 23.4 Å². The maximum atomic E-state index is 12.6. The summed E-state index contributed by atoms with van der Waals surface area (Å²) in [7, 11) is 0. The van der Waals surface area contributed by atoms with Gasteiger partial charge in [0.15, 0.2) is 0 Å². The molecule has 2 aromatic rings. The third kappa shape index (κ3) is 3.79. The summed E-state index contributed by atoms with van der Waals surface area (Å²) < 4.78 is 8.50. The first-order valence-electron chi connectivity index (χ1n) is 7.63. The smallest absolute Gasteiger partial charge is 0.328 e. The molecule has 0 aromatic heterocycles. The molecule has 3 nitrogen and oxygen atoms in total. The van der Waals surface area contributed by atoms with Crippen LogP contribution in [0.15, 0.2) is 57.9 Å². The van der Waals surface area contributed by atoms with E-state index < -0.39 is 0 Å². The van der Waals surface area contributed by atoms with E-state index in [0.29, 0.717) is 6.61 Å². The van der Waals surface area contributed by atoms with E-state index in [0.717, 1.165) is 27.9 Å². The van der Waals surface area contributed by atoms with Crippen LogP contribution in [0.3, 0.4) is 0 Å². The molecule has 5 heteroatoms. The van der Waals surface area contributed by atoms with Gasteiger partial charge in [-0.05, 0) is 60.7 Å². The summed E-state index contributed by atoms with van der Waals surface area (Å²) in [5.74, 6) is -0.181. The minimum Gasteiger partial charge on any atom is -0.465 e. The first kappa shape index (κ1) is 16.6. The molecule has 1 heterocycles. The van der Waals surface area contributed by atoms with Crippen molar-refractivity contribution >= 4 is 33.8 Å². The second kappa shape index (κ2) is 7.51. The molecule has 23 heavy (non-hydrogen) atoms. The second-order valence-corrected chi connectivity index (χ2v) is 7.33. The number of hydrogen-bond donors (Lipinski definition) is 0. The van der Waals surface area contributed by atoms with E-state index in [4.69, 9.17) is 4.74 Å². The van der Waals surface area contributed by atoms with Crippen LogP contribution in [0.2, 0.25) is 0 Å². The fraction of sp³-hybridized carbons (Fsp3) is 0.278. The van der Waals surface area contributed by atoms with Gasteiger partial charge in [-0.1, -0.05) is 40.2 Å². The molecule has 1 atom stereocenters. The van der Waals surface area contributed by atoms with Gasteiger partial charge in [-0.3, -0.25) is 0 Å². The predicted octanol–water partition coefficient (Wildman–Crippen LogP) is 4.62. The lowest BCUT2D eigenvalue weighted by atomic mass is 9.94. The van der Waals surface area contributed by atoms with Crippen LogP contribution >= 0.6 is 27.9 Å². The fourth-order valence-electron chi connectivity index (χ4n) is 2.75. The molecule has 0 N–H and O–H groups in total. The van der Waals surface area contributed by atoms with Crippen LogP contribution in [0.5, 0.6) is 0 Å².